The molecule has 1 unspecified atom stereocenters. The van der Waals surface area contributed by atoms with Crippen LogP contribution >= 0.6 is 0 Å². The number of benzene rings is 1. The van der Waals surface area contributed by atoms with E-state index in [2.05, 4.69) is 15.3 Å². The Kier molecular flexibility index (Phi) is 5.60. The molecular weight excluding hydrogens is 389 g/mol. The molecule has 9 heteroatoms. The lowest BCUT2D eigenvalue weighted by atomic mass is 10.1. The maximum Gasteiger partial charge on any atom is 0.272 e. The van der Waals surface area contributed by atoms with Gasteiger partial charge in [-0.05, 0) is 43.2 Å². The predicted molar refractivity (Wildman–Crippen MR) is 107 cm³/mol. The summed E-state index contributed by atoms with van der Waals surface area (Å²) in [5.74, 6) is 0.379. The number of carbonyl (C=O) groups excluding carboxylic acids is 1. The third kappa shape index (κ3) is 4.24. The summed E-state index contributed by atoms with van der Waals surface area (Å²) in [5.41, 5.74) is 1.85. The molecule has 4 rings (SSSR count). The van der Waals surface area contributed by atoms with Crippen LogP contribution in [0.3, 0.4) is 0 Å². The van der Waals surface area contributed by atoms with Gasteiger partial charge in [0.1, 0.15) is 17.6 Å². The van der Waals surface area contributed by atoms with Crippen LogP contribution in [-0.4, -0.2) is 57.1 Å². The minimum absolute atomic E-state index is 0.118. The van der Waals surface area contributed by atoms with Crippen LogP contribution in [0.5, 0.6) is 11.8 Å². The highest BCUT2D eigenvalue weighted by Gasteiger charge is 2.28. The van der Waals surface area contributed by atoms with Gasteiger partial charge in [-0.25, -0.2) is 4.39 Å². The van der Waals surface area contributed by atoms with Crippen LogP contribution in [0.4, 0.5) is 4.39 Å². The Labute approximate surface area is 173 Å². The number of aryl methyl sites for hydroxylation is 1. The first kappa shape index (κ1) is 19.8. The van der Waals surface area contributed by atoms with Crippen molar-refractivity contribution in [3.63, 3.8) is 0 Å². The highest BCUT2D eigenvalue weighted by molar-refractivity contribution is 5.93. The van der Waals surface area contributed by atoms with Gasteiger partial charge >= 0.3 is 0 Å². The number of hydrogen-bond acceptors (Lipinski definition) is 6. The summed E-state index contributed by atoms with van der Waals surface area (Å²) in [5, 5.41) is 12.3. The molecule has 1 amide bonds. The van der Waals surface area contributed by atoms with Crippen LogP contribution in [0.25, 0.3) is 11.3 Å². The van der Waals surface area contributed by atoms with E-state index in [1.54, 1.807) is 47.0 Å². The normalized spacial score (nSPS) is 16.4. The Balaban J connectivity index is 1.45. The van der Waals surface area contributed by atoms with E-state index in [9.17, 15) is 9.18 Å². The van der Waals surface area contributed by atoms with E-state index < -0.39 is 0 Å². The molecule has 0 radical (unpaired) electrons. The Bertz CT molecular complexity index is 1020. The molecule has 0 saturated carbocycles. The Morgan fingerprint density at radius 2 is 1.87 bits per heavy atom. The average molecular weight is 411 g/mol. The number of ether oxygens (including phenoxy) is 2. The number of halogens is 1. The summed E-state index contributed by atoms with van der Waals surface area (Å²) < 4.78 is 25.6. The standard InChI is InChI=1S/C21H22FN5O3/c1-26-18(12-17(25-26)14-5-7-15(22)8-6-14)21(28)27-11-3-4-16(13-27)30-20-10-9-19(29-2)23-24-20/h5-10,12,16H,3-4,11,13H2,1-2H3. The van der Waals surface area contributed by atoms with E-state index in [1.807, 2.05) is 0 Å². The van der Waals surface area contributed by atoms with Crippen molar-refractivity contribution in [1.29, 1.82) is 0 Å². The largest absolute Gasteiger partial charge is 0.480 e. The second-order valence-corrected chi connectivity index (χ2v) is 7.09. The molecule has 1 saturated heterocycles. The smallest absolute Gasteiger partial charge is 0.272 e. The number of aromatic nitrogens is 4. The van der Waals surface area contributed by atoms with Crippen LogP contribution in [-0.2, 0) is 7.05 Å². The number of likely N-dealkylation sites (tertiary alicyclic amines) is 1. The average Bonchev–Trinajstić information content (AvgIpc) is 3.16. The Hall–Kier alpha value is -3.49. The molecule has 156 valence electrons. The van der Waals surface area contributed by atoms with Gasteiger partial charge in [-0.3, -0.25) is 9.48 Å². The SMILES string of the molecule is COc1ccc(OC2CCCN(C(=O)c3cc(-c4ccc(F)cc4)nn3C)C2)nn1. The molecule has 1 aliphatic rings. The minimum Gasteiger partial charge on any atom is -0.480 e. The van der Waals surface area contributed by atoms with Crippen molar-refractivity contribution in [2.45, 2.75) is 18.9 Å². The van der Waals surface area contributed by atoms with Gasteiger partial charge in [0.2, 0.25) is 11.8 Å². The lowest BCUT2D eigenvalue weighted by Crippen LogP contribution is -2.45. The number of piperidine rings is 1. The third-order valence-electron chi connectivity index (χ3n) is 5.02. The Morgan fingerprint density at radius 1 is 1.13 bits per heavy atom. The van der Waals surface area contributed by atoms with Gasteiger partial charge in [-0.15, -0.1) is 10.2 Å². The van der Waals surface area contributed by atoms with E-state index in [-0.39, 0.29) is 17.8 Å². The van der Waals surface area contributed by atoms with Crippen molar-refractivity contribution >= 4 is 5.91 Å². The summed E-state index contributed by atoms with van der Waals surface area (Å²) in [7, 11) is 3.25. The lowest BCUT2D eigenvalue weighted by molar-refractivity contribution is 0.0515. The molecule has 0 aliphatic carbocycles. The minimum atomic E-state index is -0.313. The molecule has 1 aliphatic heterocycles. The number of nitrogens with zero attached hydrogens (tertiary/aromatic N) is 5. The van der Waals surface area contributed by atoms with Gasteiger partial charge in [0, 0.05) is 31.3 Å². The molecule has 1 aromatic carbocycles. The fourth-order valence-corrected chi connectivity index (χ4v) is 3.46. The van der Waals surface area contributed by atoms with Crippen LogP contribution in [0.15, 0.2) is 42.5 Å². The van der Waals surface area contributed by atoms with Crippen molar-refractivity contribution in [2.75, 3.05) is 20.2 Å². The molecule has 2 aromatic heterocycles. The van der Waals surface area contributed by atoms with Crippen LogP contribution in [0.1, 0.15) is 23.3 Å². The quantitative estimate of drug-likeness (QED) is 0.642. The highest BCUT2D eigenvalue weighted by atomic mass is 19.1. The number of methoxy groups -OCH3 is 1. The fraction of sp³-hybridized carbons (Fsp3) is 0.333. The third-order valence-corrected chi connectivity index (χ3v) is 5.02. The van der Waals surface area contributed by atoms with E-state index in [0.29, 0.717) is 36.2 Å². The molecule has 30 heavy (non-hydrogen) atoms. The van der Waals surface area contributed by atoms with Gasteiger partial charge < -0.3 is 14.4 Å². The first-order valence-electron chi connectivity index (χ1n) is 9.67. The maximum absolute atomic E-state index is 13.2. The molecule has 1 fully saturated rings. The van der Waals surface area contributed by atoms with Gasteiger partial charge in [0.05, 0.1) is 19.3 Å². The molecule has 1 atom stereocenters. The monoisotopic (exact) mass is 411 g/mol. The number of amides is 1. The van der Waals surface area contributed by atoms with Gasteiger partial charge in [-0.1, -0.05) is 0 Å². The first-order valence-corrected chi connectivity index (χ1v) is 9.67. The molecule has 0 N–H and O–H groups in total. The fourth-order valence-electron chi connectivity index (χ4n) is 3.46. The number of carbonyl (C=O) groups is 1. The second kappa shape index (κ2) is 8.48. The maximum atomic E-state index is 13.2. The summed E-state index contributed by atoms with van der Waals surface area (Å²) in [6, 6.07) is 11.2. The van der Waals surface area contributed by atoms with E-state index in [4.69, 9.17) is 9.47 Å². The second-order valence-electron chi connectivity index (χ2n) is 7.09. The van der Waals surface area contributed by atoms with Gasteiger partial charge in [-0.2, -0.15) is 5.10 Å². The zero-order chi connectivity index (χ0) is 21.1. The van der Waals surface area contributed by atoms with Crippen LogP contribution < -0.4 is 9.47 Å². The molecule has 3 heterocycles. The topological polar surface area (TPSA) is 82.4 Å². The summed E-state index contributed by atoms with van der Waals surface area (Å²) in [4.78, 5) is 14.9. The zero-order valence-electron chi connectivity index (χ0n) is 16.8. The number of hydrogen-bond donors (Lipinski definition) is 0. The first-order chi connectivity index (χ1) is 14.5. The number of rotatable bonds is 5. The van der Waals surface area contributed by atoms with Crippen molar-refractivity contribution in [1.82, 2.24) is 24.9 Å². The van der Waals surface area contributed by atoms with Gasteiger partial charge in [0.15, 0.2) is 0 Å². The van der Waals surface area contributed by atoms with Crippen molar-refractivity contribution in [2.24, 2.45) is 7.05 Å². The molecule has 0 bridgehead atoms. The van der Waals surface area contributed by atoms with Crippen molar-refractivity contribution < 1.29 is 18.7 Å². The van der Waals surface area contributed by atoms with Crippen LogP contribution in [0, 0.1) is 5.82 Å². The lowest BCUT2D eigenvalue weighted by Gasteiger charge is -2.32. The summed E-state index contributed by atoms with van der Waals surface area (Å²) in [6.45, 7) is 1.09. The molecule has 3 aromatic rings. The zero-order valence-corrected chi connectivity index (χ0v) is 16.8. The van der Waals surface area contributed by atoms with E-state index in [0.717, 1.165) is 18.4 Å². The van der Waals surface area contributed by atoms with E-state index >= 15 is 0 Å². The summed E-state index contributed by atoms with van der Waals surface area (Å²) >= 11 is 0. The molecule has 8 nitrogen and oxygen atoms in total. The van der Waals surface area contributed by atoms with Crippen LogP contribution in [0.2, 0.25) is 0 Å². The summed E-state index contributed by atoms with van der Waals surface area (Å²) in [6.07, 6.45) is 1.47. The van der Waals surface area contributed by atoms with Crippen molar-refractivity contribution in [3.8, 4) is 23.0 Å². The Morgan fingerprint density at radius 3 is 2.57 bits per heavy atom. The molecular formula is C21H22FN5O3. The van der Waals surface area contributed by atoms with Gasteiger partial charge in [0.25, 0.3) is 5.91 Å². The van der Waals surface area contributed by atoms with Crippen molar-refractivity contribution in [3.05, 3.63) is 54.0 Å². The molecule has 0 spiro atoms. The van der Waals surface area contributed by atoms with E-state index in [1.165, 1.54) is 19.2 Å². The predicted octanol–water partition coefficient (Wildman–Crippen LogP) is 2.71. The highest BCUT2D eigenvalue weighted by Crippen LogP contribution is 2.22.